The van der Waals surface area contributed by atoms with Crippen LogP contribution in [0.5, 0.6) is 5.75 Å². The predicted molar refractivity (Wildman–Crippen MR) is 116 cm³/mol. The van der Waals surface area contributed by atoms with E-state index in [1.165, 1.54) is 12.1 Å². The van der Waals surface area contributed by atoms with E-state index in [4.69, 9.17) is 4.74 Å². The van der Waals surface area contributed by atoms with Crippen molar-refractivity contribution in [2.75, 3.05) is 36.4 Å². The lowest BCUT2D eigenvalue weighted by atomic mass is 10.2. The Morgan fingerprint density at radius 1 is 0.867 bits per heavy atom. The number of amides is 2. The first-order valence-corrected chi connectivity index (χ1v) is 10.0. The lowest BCUT2D eigenvalue weighted by molar-refractivity contribution is 0.208. The van der Waals surface area contributed by atoms with E-state index in [1.807, 2.05) is 54.6 Å². The molecule has 154 valence electrons. The van der Waals surface area contributed by atoms with Gasteiger partial charge >= 0.3 is 6.03 Å². The van der Waals surface area contributed by atoms with Gasteiger partial charge in [0.2, 0.25) is 0 Å². The largest absolute Gasteiger partial charge is 0.489 e. The maximum absolute atomic E-state index is 13.1. The highest BCUT2D eigenvalue weighted by atomic mass is 19.1. The number of carbonyl (C=O) groups excluding carboxylic acids is 1. The fourth-order valence-corrected chi connectivity index (χ4v) is 3.40. The lowest BCUT2D eigenvalue weighted by Gasteiger charge is -2.36. The van der Waals surface area contributed by atoms with Crippen molar-refractivity contribution in [3.05, 3.63) is 90.2 Å². The molecule has 0 atom stereocenters. The van der Waals surface area contributed by atoms with Crippen molar-refractivity contribution in [3.8, 4) is 5.75 Å². The van der Waals surface area contributed by atoms with Gasteiger partial charge in [0.1, 0.15) is 18.2 Å². The SMILES string of the molecule is O=C(Nc1ccc(OCc2ccccc2)cc1)N1CCN(c2ccc(F)cc2)CC1. The van der Waals surface area contributed by atoms with Crippen LogP contribution in [0.1, 0.15) is 5.56 Å². The molecule has 0 saturated carbocycles. The van der Waals surface area contributed by atoms with Crippen LogP contribution in [-0.2, 0) is 6.61 Å². The minimum atomic E-state index is -0.242. The molecule has 2 amide bonds. The normalized spacial score (nSPS) is 13.8. The quantitative estimate of drug-likeness (QED) is 0.666. The monoisotopic (exact) mass is 405 g/mol. The Morgan fingerprint density at radius 2 is 1.53 bits per heavy atom. The van der Waals surface area contributed by atoms with E-state index >= 15 is 0 Å². The number of nitrogens with zero attached hydrogens (tertiary/aromatic N) is 2. The number of ether oxygens (including phenoxy) is 1. The average Bonchev–Trinajstić information content (AvgIpc) is 2.80. The molecule has 3 aromatic rings. The van der Waals surface area contributed by atoms with E-state index in [0.29, 0.717) is 32.8 Å². The zero-order valence-electron chi connectivity index (χ0n) is 16.6. The van der Waals surface area contributed by atoms with Gasteiger partial charge in [-0.05, 0) is 54.1 Å². The fourth-order valence-electron chi connectivity index (χ4n) is 3.40. The number of anilines is 2. The van der Waals surface area contributed by atoms with Crippen LogP contribution < -0.4 is 15.0 Å². The molecule has 6 heteroatoms. The Bertz CT molecular complexity index is 954. The molecule has 1 N–H and O–H groups in total. The number of piperazine rings is 1. The van der Waals surface area contributed by atoms with Crippen LogP contribution in [0, 0.1) is 5.82 Å². The first-order valence-electron chi connectivity index (χ1n) is 10.0. The van der Waals surface area contributed by atoms with Crippen LogP contribution >= 0.6 is 0 Å². The van der Waals surface area contributed by atoms with Gasteiger partial charge in [-0.25, -0.2) is 9.18 Å². The molecule has 0 unspecified atom stereocenters. The number of rotatable bonds is 5. The van der Waals surface area contributed by atoms with E-state index in [0.717, 1.165) is 22.7 Å². The molecule has 3 aromatic carbocycles. The Kier molecular flexibility index (Phi) is 6.13. The van der Waals surface area contributed by atoms with Crippen molar-refractivity contribution < 1.29 is 13.9 Å². The van der Waals surface area contributed by atoms with Crippen molar-refractivity contribution in [3.63, 3.8) is 0 Å². The van der Waals surface area contributed by atoms with Gasteiger partial charge in [0, 0.05) is 37.6 Å². The molecule has 4 rings (SSSR count). The molecule has 1 heterocycles. The van der Waals surface area contributed by atoms with Crippen molar-refractivity contribution >= 4 is 17.4 Å². The molecule has 0 spiro atoms. The molecule has 1 aliphatic heterocycles. The molecular formula is C24H24FN3O2. The van der Waals surface area contributed by atoms with Crippen molar-refractivity contribution in [2.45, 2.75) is 6.61 Å². The zero-order valence-corrected chi connectivity index (χ0v) is 16.6. The highest BCUT2D eigenvalue weighted by molar-refractivity contribution is 5.89. The Labute approximate surface area is 175 Å². The molecule has 30 heavy (non-hydrogen) atoms. The van der Waals surface area contributed by atoms with Gasteiger partial charge in [-0.2, -0.15) is 0 Å². The van der Waals surface area contributed by atoms with Gasteiger partial charge in [-0.15, -0.1) is 0 Å². The van der Waals surface area contributed by atoms with Gasteiger partial charge in [-0.1, -0.05) is 30.3 Å². The average molecular weight is 405 g/mol. The standard InChI is InChI=1S/C24H24FN3O2/c25-20-6-10-22(11-7-20)27-14-16-28(17-15-27)24(29)26-21-8-12-23(13-9-21)30-18-19-4-2-1-3-5-19/h1-13H,14-18H2,(H,26,29). The summed E-state index contributed by atoms with van der Waals surface area (Å²) in [6.45, 7) is 3.16. The molecule has 0 bridgehead atoms. The van der Waals surface area contributed by atoms with E-state index in [2.05, 4.69) is 10.2 Å². The highest BCUT2D eigenvalue weighted by Gasteiger charge is 2.21. The summed E-state index contributed by atoms with van der Waals surface area (Å²) in [4.78, 5) is 16.5. The number of urea groups is 1. The molecule has 0 radical (unpaired) electrons. The first-order chi connectivity index (χ1) is 14.7. The van der Waals surface area contributed by atoms with Crippen LogP contribution in [0.4, 0.5) is 20.6 Å². The number of nitrogens with one attached hydrogen (secondary N) is 1. The molecule has 1 saturated heterocycles. The third kappa shape index (κ3) is 5.08. The third-order valence-corrected chi connectivity index (χ3v) is 5.11. The van der Waals surface area contributed by atoms with Crippen LogP contribution in [0.3, 0.4) is 0 Å². The third-order valence-electron chi connectivity index (χ3n) is 5.11. The molecule has 5 nitrogen and oxygen atoms in total. The Hall–Kier alpha value is -3.54. The van der Waals surface area contributed by atoms with E-state index in [-0.39, 0.29) is 11.8 Å². The topological polar surface area (TPSA) is 44.8 Å². The highest BCUT2D eigenvalue weighted by Crippen LogP contribution is 2.19. The minimum Gasteiger partial charge on any atom is -0.489 e. The van der Waals surface area contributed by atoms with Gasteiger partial charge in [0.05, 0.1) is 0 Å². The smallest absolute Gasteiger partial charge is 0.321 e. The Morgan fingerprint density at radius 3 is 2.20 bits per heavy atom. The van der Waals surface area contributed by atoms with Crippen LogP contribution in [0.2, 0.25) is 0 Å². The van der Waals surface area contributed by atoms with Crippen molar-refractivity contribution in [2.24, 2.45) is 0 Å². The zero-order chi connectivity index (χ0) is 20.8. The number of hydrogen-bond acceptors (Lipinski definition) is 3. The van der Waals surface area contributed by atoms with E-state index < -0.39 is 0 Å². The predicted octanol–water partition coefficient (Wildman–Crippen LogP) is 4.76. The van der Waals surface area contributed by atoms with Crippen LogP contribution in [0.25, 0.3) is 0 Å². The Balaban J connectivity index is 1.25. The molecule has 0 aromatic heterocycles. The van der Waals surface area contributed by atoms with E-state index in [9.17, 15) is 9.18 Å². The second kappa shape index (κ2) is 9.31. The summed E-state index contributed by atoms with van der Waals surface area (Å²) in [7, 11) is 0. The maximum atomic E-state index is 13.1. The minimum absolute atomic E-state index is 0.119. The first kappa shape index (κ1) is 19.8. The number of halogens is 1. The summed E-state index contributed by atoms with van der Waals surface area (Å²) < 4.78 is 18.9. The van der Waals surface area contributed by atoms with Crippen molar-refractivity contribution in [1.82, 2.24) is 4.90 Å². The summed E-state index contributed by atoms with van der Waals surface area (Å²) in [5, 5.41) is 2.94. The van der Waals surface area contributed by atoms with Gasteiger partial charge in [0.25, 0.3) is 0 Å². The summed E-state index contributed by atoms with van der Waals surface area (Å²) in [6.07, 6.45) is 0. The summed E-state index contributed by atoms with van der Waals surface area (Å²) >= 11 is 0. The molecular weight excluding hydrogens is 381 g/mol. The van der Waals surface area contributed by atoms with Crippen molar-refractivity contribution in [1.29, 1.82) is 0 Å². The molecule has 0 aliphatic carbocycles. The molecule has 1 aliphatic rings. The lowest BCUT2D eigenvalue weighted by Crippen LogP contribution is -2.50. The van der Waals surface area contributed by atoms with Crippen LogP contribution in [-0.4, -0.2) is 37.1 Å². The summed E-state index contributed by atoms with van der Waals surface area (Å²) in [5.74, 6) is 0.512. The van der Waals surface area contributed by atoms with E-state index in [1.54, 1.807) is 17.0 Å². The summed E-state index contributed by atoms with van der Waals surface area (Å²) in [5.41, 5.74) is 2.81. The maximum Gasteiger partial charge on any atom is 0.321 e. The number of carbonyl (C=O) groups is 1. The number of hydrogen-bond donors (Lipinski definition) is 1. The second-order valence-corrected chi connectivity index (χ2v) is 7.18. The fraction of sp³-hybridized carbons (Fsp3) is 0.208. The van der Waals surface area contributed by atoms with Crippen LogP contribution in [0.15, 0.2) is 78.9 Å². The number of benzene rings is 3. The van der Waals surface area contributed by atoms with Gasteiger partial charge in [0.15, 0.2) is 0 Å². The molecule has 1 fully saturated rings. The summed E-state index contributed by atoms with van der Waals surface area (Å²) in [6, 6.07) is 23.7. The second-order valence-electron chi connectivity index (χ2n) is 7.18. The van der Waals surface area contributed by atoms with Gasteiger partial charge in [-0.3, -0.25) is 0 Å². The van der Waals surface area contributed by atoms with Gasteiger partial charge < -0.3 is 19.9 Å².